The third-order valence-electron chi connectivity index (χ3n) is 14.0. The number of carbonyl (C=O) groups excluding carboxylic acids is 1. The molecule has 13 nitrogen and oxygen atoms in total. The molecule has 1 aliphatic carbocycles. The summed E-state index contributed by atoms with van der Waals surface area (Å²) in [6.07, 6.45) is 6.42. The van der Waals surface area contributed by atoms with E-state index in [4.69, 9.17) is 24.4 Å². The van der Waals surface area contributed by atoms with E-state index in [0.717, 1.165) is 73.4 Å². The minimum absolute atomic E-state index is 0.108. The fourth-order valence-electron chi connectivity index (χ4n) is 10.7. The van der Waals surface area contributed by atoms with E-state index in [0.29, 0.717) is 28.6 Å². The molecule has 3 aromatic heterocycles. The summed E-state index contributed by atoms with van der Waals surface area (Å²) in [6.45, 7) is 20.7. The molecule has 61 heavy (non-hydrogen) atoms. The van der Waals surface area contributed by atoms with Crippen LogP contribution in [-0.4, -0.2) is 81.8 Å². The number of ether oxygens (including phenoxy) is 2. The summed E-state index contributed by atoms with van der Waals surface area (Å²) in [6, 6.07) is 16.1. The van der Waals surface area contributed by atoms with Gasteiger partial charge in [0.15, 0.2) is 5.82 Å². The predicted molar refractivity (Wildman–Crippen MR) is 238 cm³/mol. The minimum Gasteiger partial charge on any atom is -0.495 e. The summed E-state index contributed by atoms with van der Waals surface area (Å²) in [5.74, 6) is 3.34. The van der Waals surface area contributed by atoms with Crippen LogP contribution in [0.2, 0.25) is 0 Å². The van der Waals surface area contributed by atoms with Crippen LogP contribution in [0.3, 0.4) is 0 Å². The van der Waals surface area contributed by atoms with Gasteiger partial charge in [-0.15, -0.1) is 21.5 Å². The summed E-state index contributed by atoms with van der Waals surface area (Å²) in [5.41, 5.74) is 6.18. The maximum atomic E-state index is 13.6. The third kappa shape index (κ3) is 6.81. The molecule has 9 rings (SSSR count). The largest absolute Gasteiger partial charge is 0.495 e. The lowest BCUT2D eigenvalue weighted by atomic mass is 9.49. The number of nitrogens with zero attached hydrogens (tertiary/aromatic N) is 9. The van der Waals surface area contributed by atoms with Gasteiger partial charge in [0.25, 0.3) is 5.91 Å². The van der Waals surface area contributed by atoms with Crippen molar-refractivity contribution in [3.63, 3.8) is 0 Å². The standard InChI is InChI=1S/C47H54N10O3S/c1-27-29(3)61-41-37(27)38(51-28(2)39-54-53-30(4)57(39)41)31-10-13-34(14-11-31)55-19-16-47(17-20-55)18-21-56(26-47)44-49-24-33(25-50-44)40(58)52-42-45(5,6)43(46(42,7)8)60-35-15-12-32(23-48)36(22-35)59-9/h10-15,22,24-25,28,42-43H,16-21,26H2,1-9H3,(H,52,58). The van der Waals surface area contributed by atoms with Gasteiger partial charge in [-0.25, -0.2) is 9.97 Å². The van der Waals surface area contributed by atoms with Gasteiger partial charge in [0.1, 0.15) is 40.5 Å². The second kappa shape index (κ2) is 15.0. The molecule has 2 aromatic carbocycles. The number of rotatable bonds is 8. The molecule has 5 aromatic rings. The van der Waals surface area contributed by atoms with Crippen LogP contribution in [0.25, 0.3) is 5.00 Å². The first-order chi connectivity index (χ1) is 29.1. The fraction of sp³-hybridized carbons (Fsp3) is 0.468. The number of benzene rings is 2. The molecule has 0 bridgehead atoms. The second-order valence-electron chi connectivity index (χ2n) is 18.6. The molecular weight excluding hydrogens is 785 g/mol. The highest BCUT2D eigenvalue weighted by Crippen LogP contribution is 2.56. The molecule has 4 aliphatic rings. The molecule has 14 heteroatoms. The zero-order chi connectivity index (χ0) is 43.0. The number of carbonyl (C=O) groups is 1. The number of aromatic nitrogens is 5. The molecule has 6 heterocycles. The molecule has 1 unspecified atom stereocenters. The Kier molecular flexibility index (Phi) is 9.96. The summed E-state index contributed by atoms with van der Waals surface area (Å²) < 4.78 is 14.0. The zero-order valence-electron chi connectivity index (χ0n) is 36.5. The summed E-state index contributed by atoms with van der Waals surface area (Å²) in [5, 5.41) is 22.7. The summed E-state index contributed by atoms with van der Waals surface area (Å²) >= 11 is 1.79. The number of piperidine rings is 1. The summed E-state index contributed by atoms with van der Waals surface area (Å²) in [4.78, 5) is 34.3. The lowest BCUT2D eigenvalue weighted by molar-refractivity contribution is -0.164. The van der Waals surface area contributed by atoms with E-state index < -0.39 is 0 Å². The number of hydrogen-bond acceptors (Lipinski definition) is 12. The SMILES string of the molecule is COc1cc(OC2C(C)(C)C(NC(=O)c3cnc(N4CCC5(CCN(c6ccc(C7=NC(C)c8nnc(C)n8-c8sc(C)c(C)c87)cc6)CC5)C4)nc3)C2(C)C)ccc1C#N. The molecule has 2 saturated heterocycles. The van der Waals surface area contributed by atoms with Gasteiger partial charge >= 0.3 is 0 Å². The number of hydrogen-bond donors (Lipinski definition) is 1. The lowest BCUT2D eigenvalue weighted by Gasteiger charge is -2.63. The predicted octanol–water partition coefficient (Wildman–Crippen LogP) is 7.95. The van der Waals surface area contributed by atoms with E-state index in [2.05, 4.69) is 109 Å². The lowest BCUT2D eigenvalue weighted by Crippen LogP contribution is -2.74. The number of fused-ring (bicyclic) bond motifs is 3. The van der Waals surface area contributed by atoms with Crippen LogP contribution >= 0.6 is 11.3 Å². The third-order valence-corrected chi connectivity index (χ3v) is 15.2. The van der Waals surface area contributed by atoms with Crippen LogP contribution in [-0.2, 0) is 0 Å². The topological polar surface area (TPSA) is 147 Å². The van der Waals surface area contributed by atoms with Gasteiger partial charge in [-0.05, 0) is 82.2 Å². The average Bonchev–Trinajstić information content (AvgIpc) is 3.92. The number of amides is 1. The first kappa shape index (κ1) is 40.6. The van der Waals surface area contributed by atoms with Crippen molar-refractivity contribution in [3.05, 3.63) is 99.2 Å². The summed E-state index contributed by atoms with van der Waals surface area (Å²) in [7, 11) is 1.54. The van der Waals surface area contributed by atoms with Crippen molar-refractivity contribution in [2.24, 2.45) is 21.2 Å². The first-order valence-electron chi connectivity index (χ1n) is 21.2. The van der Waals surface area contributed by atoms with Crippen molar-refractivity contribution in [1.29, 1.82) is 5.26 Å². The van der Waals surface area contributed by atoms with Crippen LogP contribution in [0.15, 0.2) is 59.9 Å². The Hall–Kier alpha value is -5.81. The number of thiophene rings is 1. The van der Waals surface area contributed by atoms with Crippen LogP contribution in [0.1, 0.15) is 109 Å². The molecular formula is C47H54N10O3S. The number of nitrogens with one attached hydrogen (secondary N) is 1. The Morgan fingerprint density at radius 1 is 0.934 bits per heavy atom. The van der Waals surface area contributed by atoms with Gasteiger partial charge in [-0.1, -0.05) is 39.8 Å². The minimum atomic E-state index is -0.371. The maximum absolute atomic E-state index is 13.6. The molecule has 1 saturated carbocycles. The number of nitriles is 1. The van der Waals surface area contributed by atoms with Crippen molar-refractivity contribution in [2.75, 3.05) is 43.1 Å². The molecule has 1 N–H and O–H groups in total. The van der Waals surface area contributed by atoms with Crippen LogP contribution in [0.4, 0.5) is 11.6 Å². The Balaban J connectivity index is 0.807. The van der Waals surface area contributed by atoms with E-state index in [1.807, 2.05) is 6.92 Å². The fourth-order valence-corrected chi connectivity index (χ4v) is 11.9. The van der Waals surface area contributed by atoms with Crippen LogP contribution < -0.4 is 24.6 Å². The van der Waals surface area contributed by atoms with Gasteiger partial charge in [-0.2, -0.15) is 5.26 Å². The quantitative estimate of drug-likeness (QED) is 0.163. The van der Waals surface area contributed by atoms with Gasteiger partial charge in [0.2, 0.25) is 5.95 Å². The number of aryl methyl sites for hydroxylation is 2. The Bertz CT molecular complexity index is 2560. The number of methoxy groups -OCH3 is 1. The Morgan fingerprint density at radius 2 is 1.61 bits per heavy atom. The molecule has 3 fully saturated rings. The van der Waals surface area contributed by atoms with Gasteiger partial charge in [0, 0.05) is 83.2 Å². The van der Waals surface area contributed by atoms with E-state index in [-0.39, 0.29) is 40.3 Å². The highest BCUT2D eigenvalue weighted by Gasteiger charge is 2.64. The molecule has 1 amide bonds. The molecule has 0 radical (unpaired) electrons. The highest BCUT2D eigenvalue weighted by molar-refractivity contribution is 7.15. The Labute approximate surface area is 361 Å². The van der Waals surface area contributed by atoms with Crippen LogP contribution in [0.5, 0.6) is 11.5 Å². The van der Waals surface area contributed by atoms with Crippen LogP contribution in [0, 0.1) is 48.3 Å². The van der Waals surface area contributed by atoms with E-state index in [1.54, 1.807) is 41.9 Å². The highest BCUT2D eigenvalue weighted by atomic mass is 32.1. The number of aliphatic imine (C=N–C) groups is 1. The Morgan fingerprint density at radius 3 is 2.26 bits per heavy atom. The second-order valence-corrected chi connectivity index (χ2v) is 19.8. The van der Waals surface area contributed by atoms with Crippen molar-refractivity contribution in [1.82, 2.24) is 30.0 Å². The normalized spacial score (nSPS) is 22.0. The van der Waals surface area contributed by atoms with E-state index in [9.17, 15) is 10.1 Å². The molecule has 1 atom stereocenters. The number of anilines is 2. The first-order valence-corrected chi connectivity index (χ1v) is 22.0. The monoisotopic (exact) mass is 838 g/mol. The van der Waals surface area contributed by atoms with Gasteiger partial charge in [-0.3, -0.25) is 14.4 Å². The van der Waals surface area contributed by atoms with Crippen molar-refractivity contribution in [2.45, 2.75) is 92.8 Å². The van der Waals surface area contributed by atoms with Gasteiger partial charge in [0.05, 0.1) is 23.9 Å². The molecule has 1 spiro atoms. The van der Waals surface area contributed by atoms with Gasteiger partial charge < -0.3 is 24.6 Å². The van der Waals surface area contributed by atoms with Crippen molar-refractivity contribution < 1.29 is 14.3 Å². The van der Waals surface area contributed by atoms with Crippen molar-refractivity contribution in [3.8, 4) is 22.6 Å². The zero-order valence-corrected chi connectivity index (χ0v) is 37.4. The average molecular weight is 839 g/mol. The van der Waals surface area contributed by atoms with Crippen molar-refractivity contribution >= 4 is 34.6 Å². The smallest absolute Gasteiger partial charge is 0.254 e. The van der Waals surface area contributed by atoms with E-state index >= 15 is 0 Å². The molecule has 316 valence electrons. The van der Waals surface area contributed by atoms with E-state index in [1.165, 1.54) is 28.8 Å². The molecule has 3 aliphatic heterocycles. The maximum Gasteiger partial charge on any atom is 0.254 e.